The fraction of sp³-hybridized carbons (Fsp3) is 0. The van der Waals surface area contributed by atoms with Gasteiger partial charge in [-0.05, 0) is 0 Å². The van der Waals surface area contributed by atoms with Gasteiger partial charge in [0.25, 0.3) is 0 Å². The van der Waals surface area contributed by atoms with Crippen LogP contribution in [0.15, 0.2) is 24.0 Å². The average Bonchev–Trinajstić information content (AvgIpc) is 1.87. The van der Waals surface area contributed by atoms with Crippen molar-refractivity contribution in [3.63, 3.8) is 0 Å². The van der Waals surface area contributed by atoms with Crippen molar-refractivity contribution in [2.75, 3.05) is 0 Å². The van der Waals surface area contributed by atoms with E-state index in [1.807, 2.05) is 0 Å². The van der Waals surface area contributed by atoms with E-state index in [2.05, 4.69) is 0 Å². The molecule has 0 rings (SSSR count). The molecule has 4 heteroatoms. The summed E-state index contributed by atoms with van der Waals surface area (Å²) >= 11 is 1.22. The van der Waals surface area contributed by atoms with Crippen LogP contribution in [-0.2, 0) is 24.1 Å². The summed E-state index contributed by atoms with van der Waals surface area (Å²) in [6, 6.07) is 0. The van der Waals surface area contributed by atoms with Crippen molar-refractivity contribution in [2.24, 2.45) is 5.73 Å². The van der Waals surface area contributed by atoms with Gasteiger partial charge in [-0.2, -0.15) is 0 Å². The molecule has 0 spiro atoms. The Morgan fingerprint density at radius 2 is 2.20 bits per heavy atom. The van der Waals surface area contributed by atoms with E-state index in [4.69, 9.17) is 10.8 Å². The summed E-state index contributed by atoms with van der Waals surface area (Å²) in [5, 5.41) is 8.28. The van der Waals surface area contributed by atoms with Gasteiger partial charge in [-0.1, -0.05) is 0 Å². The van der Waals surface area contributed by atoms with Crippen molar-refractivity contribution >= 4 is 10.3 Å². The first-order valence-corrected chi connectivity index (χ1v) is 4.17. The van der Waals surface area contributed by atoms with Gasteiger partial charge in [-0.25, -0.2) is 0 Å². The molecule has 0 aromatic carbocycles. The molecule has 0 heterocycles. The number of nitrogens with two attached hydrogens (primary N) is 1. The molecule has 0 unspecified atom stereocenters. The van der Waals surface area contributed by atoms with Crippen molar-refractivity contribution in [1.82, 2.24) is 0 Å². The van der Waals surface area contributed by atoms with E-state index in [0.29, 0.717) is 5.57 Å². The van der Waals surface area contributed by atoms with Crippen LogP contribution in [0.1, 0.15) is 0 Å². The monoisotopic (exact) mass is 309 g/mol. The second kappa shape index (κ2) is 5.12. The molecular weight excluding hydrogens is 302 g/mol. The van der Waals surface area contributed by atoms with Crippen molar-refractivity contribution in [1.29, 1.82) is 0 Å². The first-order chi connectivity index (χ1) is 4.72. The van der Waals surface area contributed by atoms with Crippen molar-refractivity contribution in [3.05, 3.63) is 24.0 Å². The fourth-order valence-electron chi connectivity index (χ4n) is 0.373. The molecule has 0 radical (unpaired) electrons. The summed E-state index contributed by atoms with van der Waals surface area (Å²) in [4.78, 5) is 10.5. The van der Waals surface area contributed by atoms with Crippen LogP contribution < -0.4 is 5.73 Å². The Hall–Kier alpha value is -0.692. The van der Waals surface area contributed by atoms with Crippen LogP contribution in [0.2, 0.25) is 0 Å². The molecule has 3 nitrogen and oxygen atoms in total. The Balaban J connectivity index is 4.41. The second-order valence-electron chi connectivity index (χ2n) is 1.44. The van der Waals surface area contributed by atoms with Crippen LogP contribution in [0.5, 0.6) is 0 Å². The van der Waals surface area contributed by atoms with Gasteiger partial charge in [0.1, 0.15) is 0 Å². The average molecular weight is 309 g/mol. The molecule has 0 atom stereocenters. The van der Waals surface area contributed by atoms with E-state index in [0.717, 1.165) is 6.26 Å². The normalized spacial score (nSPS) is 11.8. The molecule has 0 saturated heterocycles. The zero-order chi connectivity index (χ0) is 7.98. The fourth-order valence-corrected chi connectivity index (χ4v) is 0.900. The number of carbonyl (C=O) groups excluding carboxylic acids is 1. The van der Waals surface area contributed by atoms with Gasteiger partial charge in [0.15, 0.2) is 0 Å². The third-order valence-corrected chi connectivity index (χ3v) is 1.28. The van der Waals surface area contributed by atoms with Gasteiger partial charge < -0.3 is 0 Å². The van der Waals surface area contributed by atoms with Crippen LogP contribution in [-0.4, -0.2) is 15.4 Å². The Morgan fingerprint density at radius 3 is 2.50 bits per heavy atom. The van der Waals surface area contributed by atoms with Crippen LogP contribution in [0.3, 0.4) is 0 Å². The third-order valence-electron chi connectivity index (χ3n) is 0.786. The molecule has 0 aliphatic rings. The van der Waals surface area contributed by atoms with Gasteiger partial charge in [0.05, 0.1) is 0 Å². The van der Waals surface area contributed by atoms with E-state index in [-0.39, 0.29) is 0 Å². The number of primary amides is 1. The summed E-state index contributed by atoms with van der Waals surface area (Å²) in [5.41, 5.74) is 5.23. The van der Waals surface area contributed by atoms with Crippen LogP contribution >= 0.6 is 0 Å². The van der Waals surface area contributed by atoms with E-state index in [1.54, 1.807) is 10.5 Å². The summed E-state index contributed by atoms with van der Waals surface area (Å²) in [7, 11) is 0. The number of aliphatic hydroxyl groups is 1. The Kier molecular flexibility index (Phi) is 4.77. The van der Waals surface area contributed by atoms with Crippen LogP contribution in [0, 0.1) is 0 Å². The number of allylic oxidation sites excluding steroid dienone is 1. The molecule has 1 amide bonds. The van der Waals surface area contributed by atoms with E-state index in [1.165, 1.54) is 25.4 Å². The number of hydrogen-bond acceptors (Lipinski definition) is 2. The van der Waals surface area contributed by atoms with Crippen molar-refractivity contribution < 1.29 is 29.3 Å². The van der Waals surface area contributed by atoms with E-state index < -0.39 is 5.91 Å². The zero-order valence-electron chi connectivity index (χ0n) is 5.15. The van der Waals surface area contributed by atoms with Crippen LogP contribution in [0.4, 0.5) is 0 Å². The summed E-state index contributed by atoms with van der Waals surface area (Å²) in [6.45, 7) is 0. The number of carbonyl (C=O) groups is 1. The zero-order valence-corrected chi connectivity index (χ0v) is 8.08. The Morgan fingerprint density at radius 1 is 1.60 bits per heavy atom. The molecular formula is C6H7NO2W. The third kappa shape index (κ3) is 3.36. The quantitative estimate of drug-likeness (QED) is 0.431. The minimum absolute atomic E-state index is 0.303. The number of aliphatic hydroxyl groups excluding tert-OH is 1. The predicted octanol–water partition coefficient (Wildman–Crippen LogP) is -0.181. The SMILES string of the molecule is NC(=O)/C(C=CO)=C/[CH]=[W]. The summed E-state index contributed by atoms with van der Waals surface area (Å²) in [5.74, 6) is -0.539. The summed E-state index contributed by atoms with van der Waals surface area (Å²) in [6.07, 6.45) is 3.60. The standard InChI is InChI=1S/C6H7NO2.W/c1-2-5(3-4-8)6(7)9;/h1-4,8H,(H2,7,9);/b4-3?,5-2+;. The molecule has 0 aromatic heterocycles. The maximum atomic E-state index is 10.5. The van der Waals surface area contributed by atoms with Gasteiger partial charge in [-0.15, -0.1) is 0 Å². The Bertz CT molecular complexity index is 196. The molecule has 3 N–H and O–H groups in total. The number of hydrogen-bond donors (Lipinski definition) is 2. The van der Waals surface area contributed by atoms with Gasteiger partial charge in [0, 0.05) is 0 Å². The first-order valence-electron chi connectivity index (χ1n) is 2.48. The van der Waals surface area contributed by atoms with Gasteiger partial charge >= 0.3 is 69.3 Å². The maximum absolute atomic E-state index is 10.5. The molecule has 54 valence electrons. The molecule has 0 saturated carbocycles. The van der Waals surface area contributed by atoms with Crippen molar-refractivity contribution in [2.45, 2.75) is 0 Å². The topological polar surface area (TPSA) is 63.3 Å². The molecule has 10 heavy (non-hydrogen) atoms. The predicted molar refractivity (Wildman–Crippen MR) is 35.1 cm³/mol. The van der Waals surface area contributed by atoms with E-state index >= 15 is 0 Å². The molecule has 0 aliphatic carbocycles. The summed E-state index contributed by atoms with van der Waals surface area (Å²) < 4.78 is 1.75. The van der Waals surface area contributed by atoms with Crippen molar-refractivity contribution in [3.8, 4) is 0 Å². The Labute approximate surface area is 69.6 Å². The van der Waals surface area contributed by atoms with Gasteiger partial charge in [-0.3, -0.25) is 0 Å². The molecule has 0 fully saturated rings. The van der Waals surface area contributed by atoms with Crippen LogP contribution in [0.25, 0.3) is 0 Å². The second-order valence-corrected chi connectivity index (χ2v) is 2.42. The number of rotatable bonds is 3. The first kappa shape index (κ1) is 9.31. The minimum atomic E-state index is -0.539. The molecule has 0 aromatic rings. The van der Waals surface area contributed by atoms with Gasteiger partial charge in [0.2, 0.25) is 0 Å². The molecule has 0 bridgehead atoms. The van der Waals surface area contributed by atoms with E-state index in [9.17, 15) is 4.79 Å². The molecule has 0 aliphatic heterocycles. The number of amides is 1.